The molecule has 2 amide bonds. The molecular formula is C26H34ClN5O5S. The van der Waals surface area contributed by atoms with Crippen molar-refractivity contribution in [3.05, 3.63) is 34.9 Å². The summed E-state index contributed by atoms with van der Waals surface area (Å²) in [5, 5.41) is 12.8. The Labute approximate surface area is 229 Å². The Morgan fingerprint density at radius 1 is 1.03 bits per heavy atom. The van der Waals surface area contributed by atoms with E-state index in [0.717, 1.165) is 18.4 Å². The second-order valence-corrected chi connectivity index (χ2v) is 13.0. The fourth-order valence-electron chi connectivity index (χ4n) is 5.94. The molecule has 4 atom stereocenters. The van der Waals surface area contributed by atoms with E-state index in [1.165, 1.54) is 8.61 Å². The first kappa shape index (κ1) is 27.3. The van der Waals surface area contributed by atoms with Gasteiger partial charge in [0.15, 0.2) is 0 Å². The van der Waals surface area contributed by atoms with Gasteiger partial charge in [-0.3, -0.25) is 9.59 Å². The van der Waals surface area contributed by atoms with Crippen molar-refractivity contribution < 1.29 is 22.7 Å². The van der Waals surface area contributed by atoms with E-state index in [0.29, 0.717) is 50.4 Å². The number of rotatable bonds is 7. The van der Waals surface area contributed by atoms with E-state index < -0.39 is 22.2 Å². The average molecular weight is 564 g/mol. The van der Waals surface area contributed by atoms with Gasteiger partial charge in [0.2, 0.25) is 11.8 Å². The van der Waals surface area contributed by atoms with Crippen molar-refractivity contribution in [1.82, 2.24) is 18.8 Å². The summed E-state index contributed by atoms with van der Waals surface area (Å²) in [6, 6.07) is 8.51. The molecule has 0 radical (unpaired) electrons. The zero-order chi connectivity index (χ0) is 26.9. The molecule has 206 valence electrons. The molecule has 4 heterocycles. The molecular weight excluding hydrogens is 530 g/mol. The van der Waals surface area contributed by atoms with Crippen LogP contribution in [0.25, 0.3) is 0 Å². The van der Waals surface area contributed by atoms with Gasteiger partial charge in [-0.1, -0.05) is 23.7 Å². The summed E-state index contributed by atoms with van der Waals surface area (Å²) >= 11 is 6.07. The van der Waals surface area contributed by atoms with Gasteiger partial charge in [0.1, 0.15) is 6.04 Å². The maximum atomic E-state index is 13.6. The van der Waals surface area contributed by atoms with Crippen LogP contribution in [0.2, 0.25) is 5.02 Å². The Morgan fingerprint density at radius 3 is 2.45 bits per heavy atom. The number of piperidine rings is 1. The molecule has 4 saturated heterocycles. The molecule has 38 heavy (non-hydrogen) atoms. The van der Waals surface area contributed by atoms with Crippen LogP contribution in [0.1, 0.15) is 50.1 Å². The lowest BCUT2D eigenvalue weighted by molar-refractivity contribution is -0.143. The quantitative estimate of drug-likeness (QED) is 0.542. The maximum Gasteiger partial charge on any atom is 0.282 e. The Kier molecular flexibility index (Phi) is 8.26. The highest BCUT2D eigenvalue weighted by Gasteiger charge is 2.44. The Morgan fingerprint density at radius 2 is 1.76 bits per heavy atom. The molecule has 1 N–H and O–H groups in total. The summed E-state index contributed by atoms with van der Waals surface area (Å²) in [6.45, 7) is 1.97. The van der Waals surface area contributed by atoms with Gasteiger partial charge in [-0.15, -0.1) is 0 Å². The predicted molar refractivity (Wildman–Crippen MR) is 140 cm³/mol. The Bertz CT molecular complexity index is 1180. The summed E-state index contributed by atoms with van der Waals surface area (Å²) in [6.07, 6.45) is 4.05. The van der Waals surface area contributed by atoms with Crippen LogP contribution in [-0.2, 0) is 24.5 Å². The topological polar surface area (TPSA) is 123 Å². The number of benzene rings is 1. The smallest absolute Gasteiger partial charge is 0.282 e. The van der Waals surface area contributed by atoms with Crippen molar-refractivity contribution >= 4 is 33.6 Å². The zero-order valence-electron chi connectivity index (χ0n) is 21.3. The fourth-order valence-corrected chi connectivity index (χ4v) is 7.86. The first-order chi connectivity index (χ1) is 18.3. The van der Waals surface area contributed by atoms with E-state index in [1.54, 1.807) is 17.0 Å². The minimum absolute atomic E-state index is 0.100. The number of hydrogen-bond acceptors (Lipinski definition) is 6. The first-order valence-corrected chi connectivity index (χ1v) is 15.2. The largest absolute Gasteiger partial charge is 0.376 e. The molecule has 4 fully saturated rings. The average Bonchev–Trinajstić information content (AvgIpc) is 3.59. The van der Waals surface area contributed by atoms with E-state index in [1.807, 2.05) is 12.1 Å². The van der Waals surface area contributed by atoms with Gasteiger partial charge < -0.3 is 15.0 Å². The molecule has 1 aromatic rings. The van der Waals surface area contributed by atoms with Crippen molar-refractivity contribution in [3.63, 3.8) is 0 Å². The number of likely N-dealkylation sites (tertiary alicyclic amines) is 1. The summed E-state index contributed by atoms with van der Waals surface area (Å²) in [5.41, 5.74) is 0.906. The van der Waals surface area contributed by atoms with Crippen LogP contribution in [0.4, 0.5) is 0 Å². The Hall–Kier alpha value is -2.23. The molecule has 12 heteroatoms. The number of amides is 2. The molecule has 5 rings (SSSR count). The van der Waals surface area contributed by atoms with Gasteiger partial charge in [-0.2, -0.15) is 22.3 Å². The van der Waals surface area contributed by atoms with Crippen molar-refractivity contribution in [2.24, 2.45) is 11.8 Å². The lowest BCUT2D eigenvalue weighted by Crippen LogP contribution is -2.57. The van der Waals surface area contributed by atoms with Crippen LogP contribution in [0.3, 0.4) is 0 Å². The molecule has 10 nitrogen and oxygen atoms in total. The number of nitrogens with one attached hydrogen (secondary N) is 1. The molecule has 1 aromatic carbocycles. The molecule has 0 unspecified atom stereocenters. The molecule has 0 aromatic heterocycles. The zero-order valence-corrected chi connectivity index (χ0v) is 22.9. The number of halogens is 1. The minimum Gasteiger partial charge on any atom is -0.376 e. The van der Waals surface area contributed by atoms with E-state index in [4.69, 9.17) is 21.6 Å². The van der Waals surface area contributed by atoms with Crippen molar-refractivity contribution in [2.75, 3.05) is 39.3 Å². The second-order valence-electron chi connectivity index (χ2n) is 10.6. The number of carbonyl (C=O) groups excluding carboxylic acids is 2. The monoisotopic (exact) mass is 563 g/mol. The molecule has 0 bridgehead atoms. The van der Waals surface area contributed by atoms with Crippen molar-refractivity contribution in [1.29, 1.82) is 5.26 Å². The second kappa shape index (κ2) is 11.5. The van der Waals surface area contributed by atoms with Gasteiger partial charge >= 0.3 is 0 Å². The minimum atomic E-state index is -3.71. The number of ether oxygens (including phenoxy) is 1. The van der Waals surface area contributed by atoms with Crippen LogP contribution < -0.4 is 5.32 Å². The lowest BCUT2D eigenvalue weighted by atomic mass is 9.97. The van der Waals surface area contributed by atoms with Crippen LogP contribution >= 0.6 is 11.6 Å². The van der Waals surface area contributed by atoms with E-state index in [2.05, 4.69) is 11.4 Å². The van der Waals surface area contributed by atoms with Crippen LogP contribution in [0, 0.1) is 23.2 Å². The summed E-state index contributed by atoms with van der Waals surface area (Å²) < 4.78 is 34.6. The normalized spacial score (nSPS) is 28.0. The maximum absolute atomic E-state index is 13.6. The van der Waals surface area contributed by atoms with Crippen molar-refractivity contribution in [3.8, 4) is 6.07 Å². The fraction of sp³-hybridized carbons (Fsp3) is 0.654. The third-order valence-corrected chi connectivity index (χ3v) is 10.3. The third kappa shape index (κ3) is 5.56. The SMILES string of the molecule is N#CC1CN(S(=O)(=O)N2CCC[C@H](C(=O)N3CCC[C@@H]3C(=O)N[C@@H](c3ccc(Cl)cc3)[C@@H]3CCCO3)C2)C1. The van der Waals surface area contributed by atoms with Crippen LogP contribution in [-0.4, -0.2) is 85.2 Å². The van der Waals surface area contributed by atoms with E-state index in [9.17, 15) is 18.0 Å². The van der Waals surface area contributed by atoms with Gasteiger partial charge in [-0.25, -0.2) is 0 Å². The Balaban J connectivity index is 1.25. The number of hydrogen-bond donors (Lipinski definition) is 1. The van der Waals surface area contributed by atoms with Gasteiger partial charge in [0, 0.05) is 44.4 Å². The number of carbonyl (C=O) groups is 2. The highest BCUT2D eigenvalue weighted by molar-refractivity contribution is 7.86. The van der Waals surface area contributed by atoms with Gasteiger partial charge in [0.25, 0.3) is 10.2 Å². The van der Waals surface area contributed by atoms with Gasteiger partial charge in [0.05, 0.1) is 30.1 Å². The first-order valence-electron chi connectivity index (χ1n) is 13.4. The summed E-state index contributed by atoms with van der Waals surface area (Å²) in [4.78, 5) is 28.8. The molecule has 0 aliphatic carbocycles. The van der Waals surface area contributed by atoms with E-state index >= 15 is 0 Å². The highest BCUT2D eigenvalue weighted by atomic mass is 35.5. The van der Waals surface area contributed by atoms with Gasteiger partial charge in [-0.05, 0) is 56.2 Å². The van der Waals surface area contributed by atoms with Crippen LogP contribution in [0.5, 0.6) is 0 Å². The summed E-state index contributed by atoms with van der Waals surface area (Å²) in [5.74, 6) is -1.15. The molecule has 0 saturated carbocycles. The third-order valence-electron chi connectivity index (χ3n) is 8.12. The standard InChI is InChI=1S/C26H34ClN5O5S/c27-21-9-7-19(8-10-21)24(23-6-3-13-37-23)29-25(33)22-5-2-12-32(22)26(34)20-4-1-11-30(17-20)38(35,36)31-15-18(14-28)16-31/h7-10,18,20,22-24H,1-6,11-13,15-17H2,(H,29,33)/t20-,22+,23-,24-/m0/s1. The van der Waals surface area contributed by atoms with Crippen molar-refractivity contribution in [2.45, 2.75) is 56.7 Å². The molecule has 0 spiro atoms. The predicted octanol–water partition coefficient (Wildman–Crippen LogP) is 2.08. The van der Waals surface area contributed by atoms with E-state index in [-0.39, 0.29) is 49.5 Å². The van der Waals surface area contributed by atoms with Crippen LogP contribution in [0.15, 0.2) is 24.3 Å². The lowest BCUT2D eigenvalue weighted by Gasteiger charge is -2.41. The summed E-state index contributed by atoms with van der Waals surface area (Å²) in [7, 11) is -3.71. The molecule has 4 aliphatic rings. The molecule has 4 aliphatic heterocycles. The number of nitriles is 1. The number of nitrogens with zero attached hydrogens (tertiary/aromatic N) is 4. The highest BCUT2D eigenvalue weighted by Crippen LogP contribution is 2.31.